The first kappa shape index (κ1) is 32.3. The molecule has 0 atom stereocenters. The van der Waals surface area contributed by atoms with Gasteiger partial charge in [-0.15, -0.1) is 11.3 Å². The Morgan fingerprint density at radius 2 is 0.893 bits per heavy atom. The second kappa shape index (κ2) is 13.3. The van der Waals surface area contributed by atoms with E-state index in [4.69, 9.17) is 14.4 Å². The second-order valence-corrected chi connectivity index (χ2v) is 15.2. The topological polar surface area (TPSA) is 38.9 Å². The van der Waals surface area contributed by atoms with Crippen molar-refractivity contribution in [2.45, 2.75) is 0 Å². The number of para-hydroxylation sites is 1. The highest BCUT2D eigenvalue weighted by Gasteiger charge is 2.20. The molecule has 0 unspecified atom stereocenters. The first-order chi connectivity index (χ1) is 27.7. The molecule has 0 saturated heterocycles. The van der Waals surface area contributed by atoms with Crippen molar-refractivity contribution in [1.29, 1.82) is 0 Å². The van der Waals surface area contributed by atoms with Crippen LogP contribution >= 0.6 is 11.3 Å². The van der Waals surface area contributed by atoms with Crippen molar-refractivity contribution in [2.75, 3.05) is 0 Å². The Labute approximate surface area is 327 Å². The summed E-state index contributed by atoms with van der Waals surface area (Å²) in [6.45, 7) is 0. The number of benzene rings is 8. The van der Waals surface area contributed by atoms with Gasteiger partial charge in [0.1, 0.15) is 11.2 Å². The molecular formula is C52H32N2OS. The van der Waals surface area contributed by atoms with Gasteiger partial charge in [0.2, 0.25) is 0 Å². The Morgan fingerprint density at radius 1 is 0.357 bits per heavy atom. The highest BCUT2D eigenvalue weighted by atomic mass is 32.1. The highest BCUT2D eigenvalue weighted by molar-refractivity contribution is 7.25. The van der Waals surface area contributed by atoms with Gasteiger partial charge in [0.05, 0.1) is 11.4 Å². The molecule has 0 amide bonds. The lowest BCUT2D eigenvalue weighted by atomic mass is 9.95. The van der Waals surface area contributed by atoms with Crippen molar-refractivity contribution in [3.63, 3.8) is 0 Å². The second-order valence-electron chi connectivity index (χ2n) is 14.1. The Hall–Kier alpha value is -7.14. The normalized spacial score (nSPS) is 11.6. The molecule has 11 rings (SSSR count). The zero-order valence-corrected chi connectivity index (χ0v) is 31.0. The van der Waals surface area contributed by atoms with E-state index in [-0.39, 0.29) is 0 Å². The van der Waals surface area contributed by atoms with Crippen LogP contribution in [0, 0.1) is 0 Å². The van der Waals surface area contributed by atoms with Crippen LogP contribution in [0.5, 0.6) is 0 Å². The van der Waals surface area contributed by atoms with Gasteiger partial charge in [0, 0.05) is 53.2 Å². The molecule has 0 aliphatic carbocycles. The molecule has 0 bridgehead atoms. The molecule has 0 fully saturated rings. The average Bonchev–Trinajstić information content (AvgIpc) is 3.85. The van der Waals surface area contributed by atoms with Gasteiger partial charge in [0.25, 0.3) is 0 Å². The van der Waals surface area contributed by atoms with Crippen LogP contribution in [0.25, 0.3) is 109 Å². The molecule has 8 aromatic carbocycles. The maximum Gasteiger partial charge on any atom is 0.160 e. The van der Waals surface area contributed by atoms with E-state index in [2.05, 4.69) is 176 Å². The predicted molar refractivity (Wildman–Crippen MR) is 235 cm³/mol. The molecular weight excluding hydrogens is 701 g/mol. The number of fused-ring (bicyclic) bond motifs is 6. The maximum atomic E-state index is 6.76. The summed E-state index contributed by atoms with van der Waals surface area (Å²) < 4.78 is 9.33. The first-order valence-electron chi connectivity index (χ1n) is 18.8. The van der Waals surface area contributed by atoms with Crippen molar-refractivity contribution < 1.29 is 4.42 Å². The molecule has 11 aromatic rings. The molecule has 0 aliphatic rings. The number of thiophene rings is 1. The molecule has 3 aromatic heterocycles. The number of rotatable bonds is 6. The molecule has 0 spiro atoms. The van der Waals surface area contributed by atoms with Crippen molar-refractivity contribution in [3.8, 4) is 67.3 Å². The molecule has 0 radical (unpaired) electrons. The first-order valence-corrected chi connectivity index (χ1v) is 19.6. The summed E-state index contributed by atoms with van der Waals surface area (Å²) in [6, 6.07) is 68.4. The van der Waals surface area contributed by atoms with Gasteiger partial charge < -0.3 is 4.42 Å². The zero-order chi connectivity index (χ0) is 37.0. The van der Waals surface area contributed by atoms with Crippen molar-refractivity contribution in [1.82, 2.24) is 9.97 Å². The Balaban J connectivity index is 1.05. The molecule has 4 heteroatoms. The monoisotopic (exact) mass is 732 g/mol. The number of hydrogen-bond donors (Lipinski definition) is 0. The molecule has 56 heavy (non-hydrogen) atoms. The lowest BCUT2D eigenvalue weighted by molar-refractivity contribution is 0.670. The van der Waals surface area contributed by atoms with Crippen LogP contribution in [0.2, 0.25) is 0 Å². The number of furan rings is 1. The van der Waals surface area contributed by atoms with E-state index in [1.807, 2.05) is 29.5 Å². The van der Waals surface area contributed by atoms with Gasteiger partial charge in [-0.1, -0.05) is 158 Å². The number of nitrogens with zero attached hydrogens (tertiary/aromatic N) is 2. The van der Waals surface area contributed by atoms with Crippen molar-refractivity contribution >= 4 is 53.4 Å². The summed E-state index contributed by atoms with van der Waals surface area (Å²) in [4.78, 5) is 10.5. The summed E-state index contributed by atoms with van der Waals surface area (Å²) in [7, 11) is 0. The third-order valence-corrected chi connectivity index (χ3v) is 11.9. The summed E-state index contributed by atoms with van der Waals surface area (Å²) in [5.41, 5.74) is 13.3. The van der Waals surface area contributed by atoms with Gasteiger partial charge in [-0.25, -0.2) is 9.97 Å². The largest absolute Gasteiger partial charge is 0.455 e. The lowest BCUT2D eigenvalue weighted by Crippen LogP contribution is -1.96. The van der Waals surface area contributed by atoms with E-state index in [1.165, 1.54) is 31.3 Å². The van der Waals surface area contributed by atoms with Gasteiger partial charge in [-0.2, -0.15) is 0 Å². The average molecular weight is 733 g/mol. The zero-order valence-electron chi connectivity index (χ0n) is 30.2. The number of hydrogen-bond acceptors (Lipinski definition) is 4. The number of aromatic nitrogens is 2. The summed E-state index contributed by atoms with van der Waals surface area (Å²) >= 11 is 1.83. The van der Waals surface area contributed by atoms with Crippen LogP contribution in [0.3, 0.4) is 0 Å². The lowest BCUT2D eigenvalue weighted by Gasteiger charge is -2.12. The Kier molecular flexibility index (Phi) is 7.68. The standard InChI is InChI=1S/C52H32N2OS/c1-3-11-33(12-4-1)34-19-21-35(22-20-34)36-23-25-38(26-24-36)52-53-45(37-13-5-2-6-14-37)32-46(54-52)42-29-28-40(51-50(42)43-16-7-9-17-47(43)55-51)39-27-30-49-44(31-39)41-15-8-10-18-48(41)56-49/h1-32H. The molecule has 0 saturated carbocycles. The summed E-state index contributed by atoms with van der Waals surface area (Å²) in [5.74, 6) is 0.673. The van der Waals surface area contributed by atoms with Crippen LogP contribution in [-0.4, -0.2) is 9.97 Å². The van der Waals surface area contributed by atoms with E-state index in [1.54, 1.807) is 0 Å². The molecule has 0 aliphatic heterocycles. The smallest absolute Gasteiger partial charge is 0.160 e. The van der Waals surface area contributed by atoms with E-state index in [0.717, 1.165) is 72.3 Å². The van der Waals surface area contributed by atoms with Crippen LogP contribution in [0.1, 0.15) is 0 Å². The Bertz CT molecular complexity index is 3220. The van der Waals surface area contributed by atoms with E-state index >= 15 is 0 Å². The third-order valence-electron chi connectivity index (χ3n) is 10.8. The van der Waals surface area contributed by atoms with Crippen LogP contribution in [-0.2, 0) is 0 Å². The SMILES string of the molecule is c1ccc(-c2ccc(-c3ccc(-c4nc(-c5ccccc5)cc(-c5ccc(-c6ccc7sc8ccccc8c7c6)c6oc7ccccc7c56)n4)cc3)cc2)cc1. The summed E-state index contributed by atoms with van der Waals surface area (Å²) in [6.07, 6.45) is 0. The van der Waals surface area contributed by atoms with Gasteiger partial charge in [0.15, 0.2) is 5.82 Å². The Morgan fingerprint density at radius 3 is 1.62 bits per heavy atom. The third kappa shape index (κ3) is 5.58. The molecule has 3 nitrogen and oxygen atoms in total. The van der Waals surface area contributed by atoms with Crippen LogP contribution < -0.4 is 0 Å². The van der Waals surface area contributed by atoms with Gasteiger partial charge in [-0.3, -0.25) is 0 Å². The minimum Gasteiger partial charge on any atom is -0.455 e. The van der Waals surface area contributed by atoms with Crippen molar-refractivity contribution in [2.24, 2.45) is 0 Å². The predicted octanol–water partition coefficient (Wildman–Crippen LogP) is 14.7. The minimum absolute atomic E-state index is 0.673. The van der Waals surface area contributed by atoms with E-state index in [9.17, 15) is 0 Å². The van der Waals surface area contributed by atoms with Gasteiger partial charge >= 0.3 is 0 Å². The fourth-order valence-electron chi connectivity index (χ4n) is 7.93. The quantitative estimate of drug-likeness (QED) is 0.171. The summed E-state index contributed by atoms with van der Waals surface area (Å²) in [5, 5.41) is 4.65. The fraction of sp³-hybridized carbons (Fsp3) is 0. The van der Waals surface area contributed by atoms with E-state index in [0.29, 0.717) is 5.82 Å². The van der Waals surface area contributed by atoms with Crippen molar-refractivity contribution in [3.05, 3.63) is 194 Å². The fourth-order valence-corrected chi connectivity index (χ4v) is 9.02. The van der Waals surface area contributed by atoms with Crippen LogP contribution in [0.4, 0.5) is 0 Å². The van der Waals surface area contributed by atoms with Gasteiger partial charge in [-0.05, 0) is 64.2 Å². The van der Waals surface area contributed by atoms with Crippen LogP contribution in [0.15, 0.2) is 199 Å². The molecule has 0 N–H and O–H groups in total. The molecule has 3 heterocycles. The highest BCUT2D eigenvalue weighted by Crippen LogP contribution is 2.44. The maximum absolute atomic E-state index is 6.76. The molecule has 262 valence electrons. The minimum atomic E-state index is 0.673. The van der Waals surface area contributed by atoms with E-state index < -0.39 is 0 Å².